The zero-order valence-corrected chi connectivity index (χ0v) is 18.5. The predicted molar refractivity (Wildman–Crippen MR) is 128 cm³/mol. The number of anilines is 2. The van der Waals surface area contributed by atoms with E-state index in [1.807, 2.05) is 26.0 Å². The molecule has 166 valence electrons. The number of hydrogen-bond acceptors (Lipinski definition) is 7. The predicted octanol–water partition coefficient (Wildman–Crippen LogP) is 1.37. The molecule has 1 aliphatic rings. The van der Waals surface area contributed by atoms with Crippen molar-refractivity contribution in [3.05, 3.63) is 65.5 Å². The quantitative estimate of drug-likeness (QED) is 0.406. The normalized spacial score (nSPS) is 15.2. The van der Waals surface area contributed by atoms with E-state index >= 15 is 0 Å². The van der Waals surface area contributed by atoms with E-state index < -0.39 is 0 Å². The highest BCUT2D eigenvalue weighted by molar-refractivity contribution is 5.90. The standard InChI is InChI=1S/C24H28N6O2/c1-5-7-18-22(17(4)32-23-16(3)8-9-20(26)19(23)14-25)27-15-28-24(18)30-12-10-29(11-13-30)21(31)6-2/h5-9,14-15,25H,1-2,10-13,26H2,3-4H3/b18-7+,22-17-,25-14?. The third-order valence-corrected chi connectivity index (χ3v) is 5.37. The van der Waals surface area contributed by atoms with Crippen LogP contribution in [0.3, 0.4) is 0 Å². The molecule has 1 aromatic carbocycles. The van der Waals surface area contributed by atoms with E-state index in [0.29, 0.717) is 54.3 Å². The van der Waals surface area contributed by atoms with Crippen molar-refractivity contribution in [2.24, 2.45) is 0 Å². The first kappa shape index (κ1) is 22.7. The second kappa shape index (κ2) is 9.91. The molecule has 8 nitrogen and oxygen atoms in total. The van der Waals surface area contributed by atoms with Gasteiger partial charge in [0.15, 0.2) is 0 Å². The van der Waals surface area contributed by atoms with Gasteiger partial charge in [0.25, 0.3) is 0 Å². The molecule has 3 rings (SSSR count). The molecule has 1 aromatic heterocycles. The van der Waals surface area contributed by atoms with Crippen LogP contribution in [0, 0.1) is 12.3 Å². The molecule has 1 fully saturated rings. The monoisotopic (exact) mass is 432 g/mol. The number of ether oxygens (including phenoxy) is 1. The number of benzene rings is 1. The van der Waals surface area contributed by atoms with Gasteiger partial charge >= 0.3 is 0 Å². The molecule has 0 spiro atoms. The van der Waals surface area contributed by atoms with Crippen molar-refractivity contribution in [1.82, 2.24) is 14.9 Å². The third-order valence-electron chi connectivity index (χ3n) is 5.37. The Morgan fingerprint density at radius 1 is 1.22 bits per heavy atom. The van der Waals surface area contributed by atoms with Crippen LogP contribution in [-0.4, -0.2) is 53.2 Å². The average Bonchev–Trinajstić information content (AvgIpc) is 2.81. The van der Waals surface area contributed by atoms with Gasteiger partial charge in [0.05, 0.1) is 5.56 Å². The van der Waals surface area contributed by atoms with E-state index in [1.165, 1.54) is 18.6 Å². The van der Waals surface area contributed by atoms with Gasteiger partial charge in [-0.25, -0.2) is 9.97 Å². The van der Waals surface area contributed by atoms with Crippen LogP contribution in [0.25, 0.3) is 11.8 Å². The lowest BCUT2D eigenvalue weighted by Crippen LogP contribution is -2.51. The summed E-state index contributed by atoms with van der Waals surface area (Å²) in [6.45, 7) is 13.6. The first-order valence-corrected chi connectivity index (χ1v) is 10.3. The second-order valence-electron chi connectivity index (χ2n) is 7.40. The third kappa shape index (κ3) is 4.54. The number of rotatable bonds is 6. The van der Waals surface area contributed by atoms with Gasteiger partial charge in [-0.1, -0.05) is 25.3 Å². The van der Waals surface area contributed by atoms with E-state index in [1.54, 1.807) is 17.0 Å². The number of nitrogens with zero attached hydrogens (tertiary/aromatic N) is 4. The SMILES string of the molecule is C=C/C=c1/c(N2CCN(C(=O)C=C)CC2)ncn/c1=C(/C)Oc1c(C)ccc(N)c1C=N. The van der Waals surface area contributed by atoms with Gasteiger partial charge in [-0.05, 0) is 37.6 Å². The molecular weight excluding hydrogens is 404 g/mol. The summed E-state index contributed by atoms with van der Waals surface area (Å²) < 4.78 is 6.18. The number of nitrogen functional groups attached to an aromatic ring is 1. The van der Waals surface area contributed by atoms with Crippen molar-refractivity contribution < 1.29 is 9.53 Å². The molecule has 0 aliphatic carbocycles. The van der Waals surface area contributed by atoms with Crippen LogP contribution in [-0.2, 0) is 4.79 Å². The number of nitrogens with one attached hydrogen (secondary N) is 1. The summed E-state index contributed by atoms with van der Waals surface area (Å²) in [4.78, 5) is 24.8. The van der Waals surface area contributed by atoms with E-state index in [-0.39, 0.29) is 5.91 Å². The zero-order chi connectivity index (χ0) is 23.3. The highest BCUT2D eigenvalue weighted by atomic mass is 16.5. The maximum atomic E-state index is 11.9. The number of nitrogens with two attached hydrogens (primary N) is 1. The maximum Gasteiger partial charge on any atom is 0.246 e. The molecule has 0 unspecified atom stereocenters. The number of aryl methyl sites for hydroxylation is 1. The topological polar surface area (TPSA) is 108 Å². The van der Waals surface area contributed by atoms with Crippen LogP contribution in [0.5, 0.6) is 5.75 Å². The second-order valence-corrected chi connectivity index (χ2v) is 7.40. The molecule has 0 saturated carbocycles. The van der Waals surface area contributed by atoms with Crippen molar-refractivity contribution in [2.75, 3.05) is 36.8 Å². The van der Waals surface area contributed by atoms with Gasteiger partial charge in [-0.15, -0.1) is 0 Å². The summed E-state index contributed by atoms with van der Waals surface area (Å²) in [6, 6.07) is 3.62. The smallest absolute Gasteiger partial charge is 0.246 e. The maximum absolute atomic E-state index is 11.9. The van der Waals surface area contributed by atoms with Gasteiger partial charge in [-0.2, -0.15) is 0 Å². The lowest BCUT2D eigenvalue weighted by Gasteiger charge is -2.35. The van der Waals surface area contributed by atoms with E-state index in [2.05, 4.69) is 28.0 Å². The molecule has 1 saturated heterocycles. The Labute approximate surface area is 187 Å². The molecule has 0 bridgehead atoms. The van der Waals surface area contributed by atoms with Crippen LogP contribution in [0.15, 0.2) is 43.8 Å². The minimum Gasteiger partial charge on any atom is -0.459 e. The highest BCUT2D eigenvalue weighted by Gasteiger charge is 2.21. The number of amides is 1. The minimum absolute atomic E-state index is 0.0667. The van der Waals surface area contributed by atoms with Crippen molar-refractivity contribution >= 4 is 35.5 Å². The highest BCUT2D eigenvalue weighted by Crippen LogP contribution is 2.28. The van der Waals surface area contributed by atoms with Crippen LogP contribution >= 0.6 is 0 Å². The Hall–Kier alpha value is -3.94. The van der Waals surface area contributed by atoms with Gasteiger partial charge in [0, 0.05) is 43.3 Å². The number of hydrogen-bond donors (Lipinski definition) is 2. The first-order valence-electron chi connectivity index (χ1n) is 10.3. The Balaban J connectivity index is 2.05. The number of aromatic nitrogens is 2. The van der Waals surface area contributed by atoms with Crippen LogP contribution in [0.2, 0.25) is 0 Å². The molecule has 0 atom stereocenters. The van der Waals surface area contributed by atoms with Gasteiger partial charge in [0.2, 0.25) is 5.91 Å². The molecule has 1 amide bonds. The molecule has 0 radical (unpaired) electrons. The summed E-state index contributed by atoms with van der Waals surface area (Å²) in [6.07, 6.45) is 7.57. The zero-order valence-electron chi connectivity index (χ0n) is 18.5. The largest absolute Gasteiger partial charge is 0.459 e. The fraction of sp³-hybridized carbons (Fsp3) is 0.250. The average molecular weight is 433 g/mol. The molecule has 2 aromatic rings. The van der Waals surface area contributed by atoms with E-state index in [0.717, 1.165) is 16.6 Å². The van der Waals surface area contributed by atoms with Crippen molar-refractivity contribution in [3.8, 4) is 5.75 Å². The van der Waals surface area contributed by atoms with E-state index in [4.69, 9.17) is 15.9 Å². The molecule has 2 heterocycles. The molecule has 32 heavy (non-hydrogen) atoms. The van der Waals surface area contributed by atoms with Crippen LogP contribution in [0.4, 0.5) is 11.5 Å². The Kier molecular flexibility index (Phi) is 7.04. The molecule has 8 heteroatoms. The number of carbonyl (C=O) groups is 1. The summed E-state index contributed by atoms with van der Waals surface area (Å²) in [5.74, 6) is 1.76. The number of piperazine rings is 1. The van der Waals surface area contributed by atoms with Crippen LogP contribution in [0.1, 0.15) is 18.1 Å². The minimum atomic E-state index is -0.0667. The first-order chi connectivity index (χ1) is 15.4. The summed E-state index contributed by atoms with van der Waals surface area (Å²) in [5, 5.41) is 9.13. The van der Waals surface area contributed by atoms with Crippen molar-refractivity contribution in [3.63, 3.8) is 0 Å². The Morgan fingerprint density at radius 3 is 2.56 bits per heavy atom. The fourth-order valence-electron chi connectivity index (χ4n) is 3.67. The van der Waals surface area contributed by atoms with Crippen molar-refractivity contribution in [1.29, 1.82) is 5.41 Å². The molecule has 3 N–H and O–H groups in total. The van der Waals surface area contributed by atoms with Gasteiger partial charge in [0.1, 0.15) is 29.0 Å². The lowest BCUT2D eigenvalue weighted by atomic mass is 10.1. The van der Waals surface area contributed by atoms with Gasteiger partial charge in [-0.3, -0.25) is 4.79 Å². The Bertz CT molecular complexity index is 1180. The summed E-state index contributed by atoms with van der Waals surface area (Å²) >= 11 is 0. The number of allylic oxidation sites excluding steroid dienone is 1. The van der Waals surface area contributed by atoms with Crippen molar-refractivity contribution in [2.45, 2.75) is 13.8 Å². The summed E-state index contributed by atoms with van der Waals surface area (Å²) in [7, 11) is 0. The fourth-order valence-corrected chi connectivity index (χ4v) is 3.67. The van der Waals surface area contributed by atoms with E-state index in [9.17, 15) is 4.79 Å². The lowest BCUT2D eigenvalue weighted by molar-refractivity contribution is -0.126. The number of carbonyl (C=O) groups excluding carboxylic acids is 1. The Morgan fingerprint density at radius 2 is 1.94 bits per heavy atom. The van der Waals surface area contributed by atoms with Gasteiger partial charge < -0.3 is 25.7 Å². The van der Waals surface area contributed by atoms with Crippen LogP contribution < -0.4 is 25.9 Å². The molecular formula is C24H28N6O2. The summed E-state index contributed by atoms with van der Waals surface area (Å²) in [5.41, 5.74) is 7.89. The molecule has 1 aliphatic heterocycles.